The summed E-state index contributed by atoms with van der Waals surface area (Å²) in [6, 6.07) is 0. The van der Waals surface area contributed by atoms with Crippen LogP contribution in [0.2, 0.25) is 0 Å². The zero-order valence-corrected chi connectivity index (χ0v) is 12.7. The first-order valence-electron chi connectivity index (χ1n) is 7.79. The van der Waals surface area contributed by atoms with E-state index in [1.165, 1.54) is 4.90 Å². The Morgan fingerprint density at radius 2 is 1.65 bits per heavy atom. The summed E-state index contributed by atoms with van der Waals surface area (Å²) in [7, 11) is 0. The van der Waals surface area contributed by atoms with Crippen molar-refractivity contribution in [2.24, 2.45) is 5.92 Å². The Hall–Kier alpha value is -0.810. The second kappa shape index (κ2) is 6.31. The van der Waals surface area contributed by atoms with Gasteiger partial charge in [0.25, 0.3) is 0 Å². The third-order valence-electron chi connectivity index (χ3n) is 5.01. The average molecular weight is 284 g/mol. The molecule has 1 aliphatic carbocycles. The Balaban J connectivity index is 1.83. The molecule has 5 nitrogen and oxygen atoms in total. The molecular weight excluding hydrogens is 256 g/mol. The fourth-order valence-electron chi connectivity index (χ4n) is 3.69. The van der Waals surface area contributed by atoms with E-state index in [1.54, 1.807) is 0 Å². The van der Waals surface area contributed by atoms with Gasteiger partial charge in [0.2, 0.25) is 0 Å². The third kappa shape index (κ3) is 3.85. The lowest BCUT2D eigenvalue weighted by Crippen LogP contribution is -2.56. The van der Waals surface area contributed by atoms with Crippen molar-refractivity contribution in [2.75, 3.05) is 26.2 Å². The number of aliphatic hydroxyl groups excluding tert-OH is 1. The molecule has 1 aliphatic heterocycles. The lowest BCUT2D eigenvalue weighted by atomic mass is 9.79. The average Bonchev–Trinajstić information content (AvgIpc) is 2.41. The normalized spacial score (nSPS) is 29.4. The number of piperazine rings is 1. The highest BCUT2D eigenvalue weighted by atomic mass is 16.4. The van der Waals surface area contributed by atoms with Crippen LogP contribution in [0.25, 0.3) is 0 Å². The maximum absolute atomic E-state index is 10.9. The summed E-state index contributed by atoms with van der Waals surface area (Å²) in [5.41, 5.74) is 0.123. The molecule has 1 amide bonds. The SMILES string of the molecule is CC(C)(C[C@H]1CC[C@@H](O)CC1)N1CCN(C(=O)O)CC1. The zero-order valence-electron chi connectivity index (χ0n) is 12.7. The van der Waals surface area contributed by atoms with Gasteiger partial charge < -0.3 is 15.1 Å². The molecule has 1 heterocycles. The summed E-state index contributed by atoms with van der Waals surface area (Å²) in [5.74, 6) is 0.700. The molecule has 0 aromatic rings. The molecule has 0 atom stereocenters. The summed E-state index contributed by atoms with van der Waals surface area (Å²) in [4.78, 5) is 14.9. The standard InChI is InChI=1S/C15H28N2O3/c1-15(2,11-12-3-5-13(18)6-4-12)17-9-7-16(8-10-17)14(19)20/h12-13,18H,3-11H2,1-2H3,(H,19,20)/t12-,13+. The van der Waals surface area contributed by atoms with Crippen LogP contribution in [0.4, 0.5) is 4.79 Å². The minimum atomic E-state index is -0.802. The number of rotatable bonds is 3. The predicted molar refractivity (Wildman–Crippen MR) is 77.8 cm³/mol. The first kappa shape index (κ1) is 15.6. The smallest absolute Gasteiger partial charge is 0.407 e. The van der Waals surface area contributed by atoms with Crippen LogP contribution in [0.3, 0.4) is 0 Å². The number of hydrogen-bond acceptors (Lipinski definition) is 3. The summed E-state index contributed by atoms with van der Waals surface area (Å²) in [6.45, 7) is 7.43. The van der Waals surface area contributed by atoms with Gasteiger partial charge in [-0.25, -0.2) is 4.79 Å². The predicted octanol–water partition coefficient (Wildman–Crippen LogP) is 2.00. The van der Waals surface area contributed by atoms with Crippen LogP contribution in [0.15, 0.2) is 0 Å². The number of hydrogen-bond donors (Lipinski definition) is 2. The van der Waals surface area contributed by atoms with Gasteiger partial charge in [-0.3, -0.25) is 4.90 Å². The van der Waals surface area contributed by atoms with Crippen LogP contribution in [0, 0.1) is 5.92 Å². The maximum Gasteiger partial charge on any atom is 0.407 e. The third-order valence-corrected chi connectivity index (χ3v) is 5.01. The van der Waals surface area contributed by atoms with E-state index in [-0.39, 0.29) is 11.6 Å². The molecule has 2 fully saturated rings. The number of nitrogens with zero attached hydrogens (tertiary/aromatic N) is 2. The quantitative estimate of drug-likeness (QED) is 0.832. The minimum absolute atomic E-state index is 0.0894. The highest BCUT2D eigenvalue weighted by Gasteiger charge is 2.34. The van der Waals surface area contributed by atoms with E-state index in [2.05, 4.69) is 18.7 Å². The van der Waals surface area contributed by atoms with E-state index >= 15 is 0 Å². The van der Waals surface area contributed by atoms with Crippen molar-refractivity contribution in [3.8, 4) is 0 Å². The Kier molecular flexibility index (Phi) is 4.91. The first-order chi connectivity index (χ1) is 9.38. The Bertz CT molecular complexity index is 330. The largest absolute Gasteiger partial charge is 0.465 e. The number of amides is 1. The summed E-state index contributed by atoms with van der Waals surface area (Å²) >= 11 is 0. The van der Waals surface area contributed by atoms with Crippen molar-refractivity contribution in [3.05, 3.63) is 0 Å². The van der Waals surface area contributed by atoms with Gasteiger partial charge in [-0.15, -0.1) is 0 Å². The Morgan fingerprint density at radius 3 is 2.15 bits per heavy atom. The molecule has 2 rings (SSSR count). The minimum Gasteiger partial charge on any atom is -0.465 e. The van der Waals surface area contributed by atoms with E-state index < -0.39 is 6.09 Å². The highest BCUT2D eigenvalue weighted by Crippen LogP contribution is 2.33. The molecule has 1 saturated heterocycles. The second-order valence-electron chi connectivity index (χ2n) is 6.95. The van der Waals surface area contributed by atoms with Crippen molar-refractivity contribution < 1.29 is 15.0 Å². The van der Waals surface area contributed by atoms with Crippen molar-refractivity contribution in [1.82, 2.24) is 9.80 Å². The van der Waals surface area contributed by atoms with Gasteiger partial charge in [0, 0.05) is 31.7 Å². The maximum atomic E-state index is 10.9. The molecule has 2 aliphatic rings. The Morgan fingerprint density at radius 1 is 1.10 bits per heavy atom. The van der Waals surface area contributed by atoms with Crippen LogP contribution in [-0.4, -0.2) is 63.9 Å². The fraction of sp³-hybridized carbons (Fsp3) is 0.933. The molecule has 0 radical (unpaired) electrons. The summed E-state index contributed by atoms with van der Waals surface area (Å²) in [5, 5.41) is 18.6. The molecule has 0 aromatic heterocycles. The van der Waals surface area contributed by atoms with Crippen LogP contribution in [-0.2, 0) is 0 Å². The molecule has 5 heteroatoms. The van der Waals surface area contributed by atoms with Crippen LogP contribution in [0.5, 0.6) is 0 Å². The topological polar surface area (TPSA) is 64.0 Å². The summed E-state index contributed by atoms with van der Waals surface area (Å²) < 4.78 is 0. The molecule has 116 valence electrons. The van der Waals surface area contributed by atoms with Crippen molar-refractivity contribution in [2.45, 2.75) is 57.6 Å². The van der Waals surface area contributed by atoms with Crippen molar-refractivity contribution in [3.63, 3.8) is 0 Å². The van der Waals surface area contributed by atoms with Crippen LogP contribution >= 0.6 is 0 Å². The molecule has 2 N–H and O–H groups in total. The fourth-order valence-corrected chi connectivity index (χ4v) is 3.69. The molecule has 1 saturated carbocycles. The van der Waals surface area contributed by atoms with E-state index in [1.807, 2.05) is 0 Å². The van der Waals surface area contributed by atoms with Crippen molar-refractivity contribution >= 4 is 6.09 Å². The van der Waals surface area contributed by atoms with Gasteiger partial charge in [0.05, 0.1) is 6.10 Å². The van der Waals surface area contributed by atoms with Gasteiger partial charge in [0.1, 0.15) is 0 Å². The first-order valence-corrected chi connectivity index (χ1v) is 7.79. The van der Waals surface area contributed by atoms with Gasteiger partial charge in [-0.2, -0.15) is 0 Å². The molecule has 0 aromatic carbocycles. The van der Waals surface area contributed by atoms with Crippen LogP contribution < -0.4 is 0 Å². The van der Waals surface area contributed by atoms with Gasteiger partial charge in [0.15, 0.2) is 0 Å². The molecule has 0 bridgehead atoms. The number of carboxylic acid groups (broad SMARTS) is 1. The van der Waals surface area contributed by atoms with Crippen LogP contribution in [0.1, 0.15) is 46.0 Å². The van der Waals surface area contributed by atoms with Gasteiger partial charge in [-0.1, -0.05) is 0 Å². The van der Waals surface area contributed by atoms with E-state index in [9.17, 15) is 9.90 Å². The monoisotopic (exact) mass is 284 g/mol. The van der Waals surface area contributed by atoms with E-state index in [0.717, 1.165) is 45.2 Å². The number of carbonyl (C=O) groups is 1. The molecule has 0 unspecified atom stereocenters. The highest BCUT2D eigenvalue weighted by molar-refractivity contribution is 5.65. The second-order valence-corrected chi connectivity index (χ2v) is 6.95. The van der Waals surface area contributed by atoms with E-state index in [4.69, 9.17) is 5.11 Å². The molecular formula is C15H28N2O3. The zero-order chi connectivity index (χ0) is 14.8. The molecule has 0 spiro atoms. The van der Waals surface area contributed by atoms with Gasteiger partial charge >= 0.3 is 6.09 Å². The van der Waals surface area contributed by atoms with E-state index in [0.29, 0.717) is 19.0 Å². The summed E-state index contributed by atoms with van der Waals surface area (Å²) in [6.07, 6.45) is 4.38. The lowest BCUT2D eigenvalue weighted by Gasteiger charge is -2.45. The van der Waals surface area contributed by atoms with Gasteiger partial charge in [-0.05, 0) is 51.9 Å². The molecule has 20 heavy (non-hydrogen) atoms. The van der Waals surface area contributed by atoms with Crippen molar-refractivity contribution in [1.29, 1.82) is 0 Å². The number of aliphatic hydroxyl groups is 1. The lowest BCUT2D eigenvalue weighted by molar-refractivity contribution is 0.0271. The Labute approximate surface area is 121 Å².